The van der Waals surface area contributed by atoms with Crippen LogP contribution in [0.2, 0.25) is 0 Å². The van der Waals surface area contributed by atoms with Crippen molar-refractivity contribution in [3.05, 3.63) is 41.1 Å². The molecular formula is C18H23N3O3. The highest BCUT2D eigenvalue weighted by Gasteiger charge is 2.44. The molecule has 6 nitrogen and oxygen atoms in total. The van der Waals surface area contributed by atoms with Crippen LogP contribution >= 0.6 is 0 Å². The lowest BCUT2D eigenvalue weighted by Gasteiger charge is -2.31. The van der Waals surface area contributed by atoms with Gasteiger partial charge in [-0.05, 0) is 19.4 Å². The number of urea groups is 1. The molecule has 6 heteroatoms. The summed E-state index contributed by atoms with van der Waals surface area (Å²) in [5.74, 6) is 0.649. The topological polar surface area (TPSA) is 61.9 Å². The third kappa shape index (κ3) is 2.42. The first kappa shape index (κ1) is 16.4. The highest BCUT2D eigenvalue weighted by Crippen LogP contribution is 2.39. The molecule has 2 aliphatic rings. The van der Waals surface area contributed by atoms with Crippen LogP contribution in [-0.4, -0.2) is 48.5 Å². The minimum atomic E-state index is -0.485. The molecule has 2 atom stereocenters. The first-order valence-corrected chi connectivity index (χ1v) is 8.20. The van der Waals surface area contributed by atoms with Crippen molar-refractivity contribution in [3.63, 3.8) is 0 Å². The van der Waals surface area contributed by atoms with E-state index in [1.165, 1.54) is 0 Å². The third-order valence-electron chi connectivity index (χ3n) is 4.96. The van der Waals surface area contributed by atoms with Crippen molar-refractivity contribution in [3.8, 4) is 5.75 Å². The average molecular weight is 329 g/mol. The average Bonchev–Trinajstić information content (AvgIpc) is 2.95. The highest BCUT2D eigenvalue weighted by molar-refractivity contribution is 6.01. The zero-order chi connectivity index (χ0) is 17.4. The Bertz CT molecular complexity index is 713. The number of likely N-dealkylation sites (N-methyl/N-ethyl adjacent to an activating group) is 1. The molecule has 0 fully saturated rings. The van der Waals surface area contributed by atoms with E-state index in [0.717, 1.165) is 17.7 Å². The molecular weight excluding hydrogens is 306 g/mol. The number of nitrogens with one attached hydrogen (secondary N) is 1. The summed E-state index contributed by atoms with van der Waals surface area (Å²) in [5.41, 5.74) is 2.22. The summed E-state index contributed by atoms with van der Waals surface area (Å²) in [6.45, 7) is 4.56. The number of nitrogens with zero attached hydrogens (tertiary/aromatic N) is 2. The van der Waals surface area contributed by atoms with E-state index in [9.17, 15) is 9.59 Å². The van der Waals surface area contributed by atoms with Gasteiger partial charge in [0.1, 0.15) is 5.75 Å². The molecule has 128 valence electrons. The number of benzene rings is 1. The fourth-order valence-electron chi connectivity index (χ4n) is 3.30. The Morgan fingerprint density at radius 1 is 1.33 bits per heavy atom. The van der Waals surface area contributed by atoms with E-state index in [2.05, 4.69) is 12.2 Å². The highest BCUT2D eigenvalue weighted by atomic mass is 16.5. The minimum Gasteiger partial charge on any atom is -0.496 e. The number of hydrogen-bond acceptors (Lipinski definition) is 3. The van der Waals surface area contributed by atoms with Gasteiger partial charge in [0.15, 0.2) is 0 Å². The summed E-state index contributed by atoms with van der Waals surface area (Å²) in [7, 11) is 3.29. The van der Waals surface area contributed by atoms with E-state index < -0.39 is 6.04 Å². The lowest BCUT2D eigenvalue weighted by molar-refractivity contribution is -0.127. The fraction of sp³-hybridized carbons (Fsp3) is 0.444. The van der Waals surface area contributed by atoms with Crippen LogP contribution in [-0.2, 0) is 4.79 Å². The standard InChI is InChI=1S/C18H23N3O3/c1-5-11(2)21-10-13-15(17(21)22)16(19-18(23)20(13)3)12-8-6-7-9-14(12)24-4/h6-9,11,16H,5,10H2,1-4H3,(H,19,23)/t11-,16-/m1/s1. The van der Waals surface area contributed by atoms with Crippen molar-refractivity contribution in [2.24, 2.45) is 0 Å². The second-order valence-electron chi connectivity index (χ2n) is 6.23. The van der Waals surface area contributed by atoms with E-state index in [1.807, 2.05) is 36.1 Å². The molecule has 0 radical (unpaired) electrons. The summed E-state index contributed by atoms with van der Waals surface area (Å²) >= 11 is 0. The van der Waals surface area contributed by atoms with Gasteiger partial charge in [-0.15, -0.1) is 0 Å². The van der Waals surface area contributed by atoms with Crippen LogP contribution < -0.4 is 10.1 Å². The molecule has 0 bridgehead atoms. The Hall–Kier alpha value is -2.50. The Labute approximate surface area is 142 Å². The molecule has 0 aromatic heterocycles. The maximum Gasteiger partial charge on any atom is 0.322 e. The summed E-state index contributed by atoms with van der Waals surface area (Å²) in [5, 5.41) is 2.94. The second kappa shape index (κ2) is 6.19. The predicted octanol–water partition coefficient (Wildman–Crippen LogP) is 2.29. The Kier molecular flexibility index (Phi) is 4.22. The summed E-state index contributed by atoms with van der Waals surface area (Å²) in [6, 6.07) is 6.92. The van der Waals surface area contributed by atoms with Gasteiger partial charge >= 0.3 is 6.03 Å². The summed E-state index contributed by atoms with van der Waals surface area (Å²) < 4.78 is 5.43. The SMILES string of the molecule is CC[C@@H](C)N1CC2=C(C1=O)[C@@H](c1ccccc1OC)NC(=O)N2C. The lowest BCUT2D eigenvalue weighted by Crippen LogP contribution is -2.45. The van der Waals surface area contributed by atoms with Gasteiger partial charge in [-0.25, -0.2) is 4.79 Å². The predicted molar refractivity (Wildman–Crippen MR) is 90.5 cm³/mol. The van der Waals surface area contributed by atoms with Gasteiger partial charge in [-0.2, -0.15) is 0 Å². The zero-order valence-corrected chi connectivity index (χ0v) is 14.5. The molecule has 0 saturated heterocycles. The fourth-order valence-corrected chi connectivity index (χ4v) is 3.30. The summed E-state index contributed by atoms with van der Waals surface area (Å²) in [6.07, 6.45) is 0.872. The number of methoxy groups -OCH3 is 1. The van der Waals surface area contributed by atoms with Crippen molar-refractivity contribution in [2.45, 2.75) is 32.4 Å². The number of ether oxygens (including phenoxy) is 1. The lowest BCUT2D eigenvalue weighted by atomic mass is 9.95. The van der Waals surface area contributed by atoms with Gasteiger partial charge in [0.05, 0.1) is 31.0 Å². The van der Waals surface area contributed by atoms with Gasteiger partial charge in [0, 0.05) is 18.7 Å². The molecule has 0 spiro atoms. The van der Waals surface area contributed by atoms with E-state index in [-0.39, 0.29) is 18.0 Å². The molecule has 1 N–H and O–H groups in total. The quantitative estimate of drug-likeness (QED) is 0.922. The smallest absolute Gasteiger partial charge is 0.322 e. The number of carbonyl (C=O) groups is 2. The molecule has 3 amide bonds. The van der Waals surface area contributed by atoms with Crippen LogP contribution in [0.25, 0.3) is 0 Å². The van der Waals surface area contributed by atoms with Gasteiger partial charge in [0.2, 0.25) is 0 Å². The first-order chi connectivity index (χ1) is 11.5. The molecule has 0 unspecified atom stereocenters. The van der Waals surface area contributed by atoms with Gasteiger partial charge < -0.3 is 15.0 Å². The van der Waals surface area contributed by atoms with Gasteiger partial charge in [0.25, 0.3) is 5.91 Å². The van der Waals surface area contributed by atoms with Crippen molar-refractivity contribution in [1.29, 1.82) is 0 Å². The van der Waals surface area contributed by atoms with Crippen LogP contribution in [0.5, 0.6) is 5.75 Å². The van der Waals surface area contributed by atoms with E-state index in [0.29, 0.717) is 17.9 Å². The maximum atomic E-state index is 13.0. The largest absolute Gasteiger partial charge is 0.496 e. The Balaban J connectivity index is 2.08. The summed E-state index contributed by atoms with van der Waals surface area (Å²) in [4.78, 5) is 28.8. The number of hydrogen-bond donors (Lipinski definition) is 1. The van der Waals surface area contributed by atoms with Crippen LogP contribution in [0.1, 0.15) is 31.9 Å². The van der Waals surface area contributed by atoms with Crippen LogP contribution in [0.3, 0.4) is 0 Å². The Morgan fingerprint density at radius 2 is 2.04 bits per heavy atom. The van der Waals surface area contributed by atoms with Crippen molar-refractivity contribution < 1.29 is 14.3 Å². The minimum absolute atomic E-state index is 0.0119. The van der Waals surface area contributed by atoms with Crippen LogP contribution in [0.4, 0.5) is 4.79 Å². The van der Waals surface area contributed by atoms with E-state index >= 15 is 0 Å². The number of para-hydroxylation sites is 1. The van der Waals surface area contributed by atoms with Crippen molar-refractivity contribution >= 4 is 11.9 Å². The molecule has 0 aliphatic carbocycles. The molecule has 1 aromatic carbocycles. The Morgan fingerprint density at radius 3 is 2.71 bits per heavy atom. The monoisotopic (exact) mass is 329 g/mol. The molecule has 2 heterocycles. The number of rotatable bonds is 4. The van der Waals surface area contributed by atoms with Crippen LogP contribution in [0.15, 0.2) is 35.5 Å². The molecule has 2 aliphatic heterocycles. The van der Waals surface area contributed by atoms with Gasteiger partial charge in [-0.1, -0.05) is 25.1 Å². The molecule has 3 rings (SSSR count). The number of amides is 3. The first-order valence-electron chi connectivity index (χ1n) is 8.20. The van der Waals surface area contributed by atoms with Crippen LogP contribution in [0, 0.1) is 0 Å². The van der Waals surface area contributed by atoms with Crippen molar-refractivity contribution in [2.75, 3.05) is 20.7 Å². The van der Waals surface area contributed by atoms with Crippen molar-refractivity contribution in [1.82, 2.24) is 15.1 Å². The van der Waals surface area contributed by atoms with E-state index in [4.69, 9.17) is 4.74 Å². The molecule has 1 aromatic rings. The zero-order valence-electron chi connectivity index (χ0n) is 14.5. The maximum absolute atomic E-state index is 13.0. The van der Waals surface area contributed by atoms with Gasteiger partial charge in [-0.3, -0.25) is 9.69 Å². The normalized spacial score (nSPS) is 21.8. The molecule has 24 heavy (non-hydrogen) atoms. The third-order valence-corrected chi connectivity index (χ3v) is 4.96. The number of carbonyl (C=O) groups excluding carboxylic acids is 2. The van der Waals surface area contributed by atoms with E-state index in [1.54, 1.807) is 19.1 Å². The second-order valence-corrected chi connectivity index (χ2v) is 6.23. The molecule has 0 saturated carbocycles.